The van der Waals surface area contributed by atoms with Crippen LogP contribution in [0.4, 0.5) is 0 Å². The number of rotatable bonds is 4. The zero-order chi connectivity index (χ0) is 12.3. The number of carbonyl (C=O) groups excluding carboxylic acids is 1. The molecule has 0 radical (unpaired) electrons. The topological polar surface area (TPSA) is 63.3 Å². The van der Waals surface area contributed by atoms with Crippen molar-refractivity contribution in [3.63, 3.8) is 0 Å². The summed E-state index contributed by atoms with van der Waals surface area (Å²) in [7, 11) is 0. The number of thioether (sulfide) groups is 1. The van der Waals surface area contributed by atoms with Crippen molar-refractivity contribution in [1.82, 2.24) is 0 Å². The number of nitrogens with two attached hydrogens (primary N) is 1. The van der Waals surface area contributed by atoms with Crippen LogP contribution in [0.15, 0.2) is 29.2 Å². The molecule has 1 amide bonds. The lowest BCUT2D eigenvalue weighted by atomic mass is 10.0. The summed E-state index contributed by atoms with van der Waals surface area (Å²) in [6, 6.07) is 3.55. The van der Waals surface area contributed by atoms with Crippen molar-refractivity contribution in [1.29, 1.82) is 0 Å². The molecule has 1 aromatic carbocycles. The van der Waals surface area contributed by atoms with Gasteiger partial charge in [-0.25, -0.2) is 0 Å². The first-order chi connectivity index (χ1) is 7.45. The number of carbonyl (C=O) groups is 1. The number of aromatic hydroxyl groups is 1. The predicted molar refractivity (Wildman–Crippen MR) is 66.7 cm³/mol. The second-order valence-corrected chi connectivity index (χ2v) is 4.44. The van der Waals surface area contributed by atoms with Crippen LogP contribution in [0.2, 0.25) is 0 Å². The first-order valence-electron chi connectivity index (χ1n) is 4.79. The number of hydrogen-bond donors (Lipinski definition) is 2. The Labute approximate surface area is 99.4 Å². The van der Waals surface area contributed by atoms with Crippen molar-refractivity contribution in [2.24, 2.45) is 5.73 Å². The van der Waals surface area contributed by atoms with E-state index in [-0.39, 0.29) is 5.75 Å². The number of amides is 1. The SMILES string of the molecule is C=C(Cc1cc(SC)c(O)cc1C)C(N)=O. The number of phenols is 1. The van der Waals surface area contributed by atoms with Crippen LogP contribution in [0.1, 0.15) is 11.1 Å². The Morgan fingerprint density at radius 1 is 1.56 bits per heavy atom. The normalized spacial score (nSPS) is 10.1. The minimum atomic E-state index is -0.488. The van der Waals surface area contributed by atoms with Gasteiger partial charge in [0.05, 0.1) is 0 Å². The highest BCUT2D eigenvalue weighted by molar-refractivity contribution is 7.98. The zero-order valence-electron chi connectivity index (χ0n) is 9.41. The molecule has 0 spiro atoms. The summed E-state index contributed by atoms with van der Waals surface area (Å²) in [4.78, 5) is 11.7. The highest BCUT2D eigenvalue weighted by atomic mass is 32.2. The van der Waals surface area contributed by atoms with Gasteiger partial charge in [0.15, 0.2) is 0 Å². The molecule has 16 heavy (non-hydrogen) atoms. The van der Waals surface area contributed by atoms with Crippen molar-refractivity contribution in [3.05, 3.63) is 35.4 Å². The van der Waals surface area contributed by atoms with Gasteiger partial charge >= 0.3 is 0 Å². The van der Waals surface area contributed by atoms with E-state index in [1.54, 1.807) is 6.07 Å². The molecule has 0 unspecified atom stereocenters. The van der Waals surface area contributed by atoms with Crippen molar-refractivity contribution in [3.8, 4) is 5.75 Å². The first-order valence-corrected chi connectivity index (χ1v) is 6.02. The van der Waals surface area contributed by atoms with Gasteiger partial charge in [-0.1, -0.05) is 6.58 Å². The maximum Gasteiger partial charge on any atom is 0.244 e. The minimum Gasteiger partial charge on any atom is -0.507 e. The molecule has 0 bridgehead atoms. The van der Waals surface area contributed by atoms with Gasteiger partial charge in [0, 0.05) is 16.9 Å². The van der Waals surface area contributed by atoms with Crippen LogP contribution < -0.4 is 5.73 Å². The van der Waals surface area contributed by atoms with Crippen LogP contribution in [-0.4, -0.2) is 17.3 Å². The Morgan fingerprint density at radius 3 is 2.69 bits per heavy atom. The highest BCUT2D eigenvalue weighted by Gasteiger charge is 2.09. The molecule has 0 saturated heterocycles. The van der Waals surface area contributed by atoms with E-state index < -0.39 is 5.91 Å². The molecule has 0 saturated carbocycles. The smallest absolute Gasteiger partial charge is 0.244 e. The summed E-state index contributed by atoms with van der Waals surface area (Å²) in [6.45, 7) is 5.51. The van der Waals surface area contributed by atoms with E-state index in [1.165, 1.54) is 11.8 Å². The van der Waals surface area contributed by atoms with Gasteiger partial charge < -0.3 is 10.8 Å². The van der Waals surface area contributed by atoms with Crippen molar-refractivity contribution < 1.29 is 9.90 Å². The summed E-state index contributed by atoms with van der Waals surface area (Å²) in [5, 5.41) is 9.62. The predicted octanol–water partition coefficient (Wildman–Crippen LogP) is 2.01. The average Bonchev–Trinajstić information content (AvgIpc) is 2.21. The maximum atomic E-state index is 10.9. The third-order valence-electron chi connectivity index (χ3n) is 2.39. The van der Waals surface area contributed by atoms with Gasteiger partial charge in [-0.3, -0.25) is 4.79 Å². The summed E-state index contributed by atoms with van der Waals surface area (Å²) < 4.78 is 0. The Kier molecular flexibility index (Phi) is 4.01. The summed E-state index contributed by atoms with van der Waals surface area (Å²) in [6.07, 6.45) is 2.31. The van der Waals surface area contributed by atoms with Gasteiger partial charge in [0.25, 0.3) is 0 Å². The van der Waals surface area contributed by atoms with E-state index >= 15 is 0 Å². The Morgan fingerprint density at radius 2 is 2.19 bits per heavy atom. The molecular formula is C12H15NO2S. The summed E-state index contributed by atoms with van der Waals surface area (Å²) in [5.74, 6) is -0.225. The van der Waals surface area contributed by atoms with Gasteiger partial charge in [0.2, 0.25) is 5.91 Å². The fourth-order valence-electron chi connectivity index (χ4n) is 1.39. The molecule has 0 atom stereocenters. The van der Waals surface area contributed by atoms with Crippen LogP contribution in [0.3, 0.4) is 0 Å². The van der Waals surface area contributed by atoms with Crippen LogP contribution in [0, 0.1) is 6.92 Å². The number of benzene rings is 1. The standard InChI is InChI=1S/C12H15NO2S/c1-7-5-10(14)11(16-3)6-9(7)4-8(2)12(13)15/h5-6,14H,2,4H2,1,3H3,(H2,13,15). The molecule has 3 N–H and O–H groups in total. The quantitative estimate of drug-likeness (QED) is 0.622. The highest BCUT2D eigenvalue weighted by Crippen LogP contribution is 2.30. The van der Waals surface area contributed by atoms with E-state index in [0.717, 1.165) is 16.0 Å². The van der Waals surface area contributed by atoms with Gasteiger partial charge in [-0.2, -0.15) is 0 Å². The van der Waals surface area contributed by atoms with Crippen LogP contribution in [-0.2, 0) is 11.2 Å². The molecular weight excluding hydrogens is 222 g/mol. The van der Waals surface area contributed by atoms with Crippen molar-refractivity contribution in [2.75, 3.05) is 6.26 Å². The Hall–Kier alpha value is -1.42. The van der Waals surface area contributed by atoms with Gasteiger partial charge in [-0.05, 0) is 36.4 Å². The number of hydrogen-bond acceptors (Lipinski definition) is 3. The molecule has 0 fully saturated rings. The summed E-state index contributed by atoms with van der Waals surface area (Å²) in [5.41, 5.74) is 7.41. The third-order valence-corrected chi connectivity index (χ3v) is 3.16. The monoisotopic (exact) mass is 237 g/mol. The largest absolute Gasteiger partial charge is 0.507 e. The molecule has 0 aliphatic rings. The molecule has 0 heterocycles. The lowest BCUT2D eigenvalue weighted by molar-refractivity contribution is -0.114. The Balaban J connectivity index is 3.05. The van der Waals surface area contributed by atoms with Crippen molar-refractivity contribution >= 4 is 17.7 Å². The Bertz CT molecular complexity index is 441. The maximum absolute atomic E-state index is 10.9. The van der Waals surface area contributed by atoms with E-state index in [9.17, 15) is 9.90 Å². The van der Waals surface area contributed by atoms with Gasteiger partial charge in [-0.15, -0.1) is 11.8 Å². The zero-order valence-corrected chi connectivity index (χ0v) is 10.2. The number of aryl methyl sites for hydroxylation is 1. The molecule has 4 heteroatoms. The fraction of sp³-hybridized carbons (Fsp3) is 0.250. The summed E-state index contributed by atoms with van der Waals surface area (Å²) >= 11 is 1.46. The van der Waals surface area contributed by atoms with Crippen molar-refractivity contribution in [2.45, 2.75) is 18.2 Å². The molecule has 0 aliphatic heterocycles. The molecule has 3 nitrogen and oxygen atoms in total. The van der Waals surface area contributed by atoms with E-state index in [4.69, 9.17) is 5.73 Å². The lowest BCUT2D eigenvalue weighted by Gasteiger charge is -2.10. The molecule has 1 rings (SSSR count). The van der Waals surface area contributed by atoms with E-state index in [2.05, 4.69) is 6.58 Å². The van der Waals surface area contributed by atoms with Crippen LogP contribution in [0.25, 0.3) is 0 Å². The molecule has 0 aliphatic carbocycles. The molecule has 1 aromatic rings. The van der Waals surface area contributed by atoms with E-state index in [1.807, 2.05) is 19.2 Å². The van der Waals surface area contributed by atoms with Crippen LogP contribution in [0.5, 0.6) is 5.75 Å². The number of phenolic OH excluding ortho intramolecular Hbond substituents is 1. The minimum absolute atomic E-state index is 0.262. The second-order valence-electron chi connectivity index (χ2n) is 3.60. The fourth-order valence-corrected chi connectivity index (χ4v) is 1.91. The molecule has 0 aromatic heterocycles. The lowest BCUT2D eigenvalue weighted by Crippen LogP contribution is -2.15. The van der Waals surface area contributed by atoms with Gasteiger partial charge in [0.1, 0.15) is 5.75 Å². The van der Waals surface area contributed by atoms with E-state index in [0.29, 0.717) is 12.0 Å². The van der Waals surface area contributed by atoms with Crippen LogP contribution >= 0.6 is 11.8 Å². The first kappa shape index (κ1) is 12.6. The number of primary amides is 1. The average molecular weight is 237 g/mol. The third kappa shape index (κ3) is 2.79. The molecule has 86 valence electrons. The second kappa shape index (κ2) is 5.07.